The van der Waals surface area contributed by atoms with Gasteiger partial charge in [-0.05, 0) is 32.2 Å². The highest BCUT2D eigenvalue weighted by molar-refractivity contribution is 4.64. The lowest BCUT2D eigenvalue weighted by Gasteiger charge is -2.14. The summed E-state index contributed by atoms with van der Waals surface area (Å²) in [5, 5.41) is 21.3. The van der Waals surface area contributed by atoms with Gasteiger partial charge in [0.05, 0.1) is 25.4 Å². The molecule has 102 valence electrons. The van der Waals surface area contributed by atoms with Crippen LogP contribution in [0, 0.1) is 0 Å². The minimum Gasteiger partial charge on any atom is -0.396 e. The SMILES string of the molecule is OCCCCNCC(O)COCC1CCCO1. The Bertz CT molecular complexity index is 174. The number of hydrogen-bond donors (Lipinski definition) is 3. The molecule has 0 saturated carbocycles. The van der Waals surface area contributed by atoms with E-state index in [2.05, 4.69) is 5.32 Å². The molecule has 2 atom stereocenters. The van der Waals surface area contributed by atoms with Gasteiger partial charge in [-0.3, -0.25) is 0 Å². The normalized spacial score (nSPS) is 21.9. The highest BCUT2D eigenvalue weighted by Gasteiger charge is 2.15. The first-order chi connectivity index (χ1) is 8.33. The number of rotatable bonds is 10. The summed E-state index contributed by atoms with van der Waals surface area (Å²) in [6.45, 7) is 3.37. The zero-order valence-corrected chi connectivity index (χ0v) is 10.4. The van der Waals surface area contributed by atoms with Crippen molar-refractivity contribution in [1.29, 1.82) is 0 Å². The summed E-state index contributed by atoms with van der Waals surface area (Å²) in [5.74, 6) is 0. The number of hydrogen-bond acceptors (Lipinski definition) is 5. The van der Waals surface area contributed by atoms with Crippen LogP contribution < -0.4 is 5.32 Å². The molecule has 17 heavy (non-hydrogen) atoms. The van der Waals surface area contributed by atoms with Crippen molar-refractivity contribution in [2.24, 2.45) is 0 Å². The van der Waals surface area contributed by atoms with Crippen molar-refractivity contribution < 1.29 is 19.7 Å². The van der Waals surface area contributed by atoms with Gasteiger partial charge in [0.15, 0.2) is 0 Å². The predicted molar refractivity (Wildman–Crippen MR) is 65.0 cm³/mol. The minimum atomic E-state index is -0.467. The van der Waals surface area contributed by atoms with Crippen molar-refractivity contribution in [2.75, 3.05) is 39.5 Å². The summed E-state index contributed by atoms with van der Waals surface area (Å²) in [6.07, 6.45) is 3.67. The van der Waals surface area contributed by atoms with Crippen LogP contribution in [0.4, 0.5) is 0 Å². The molecule has 2 unspecified atom stereocenters. The van der Waals surface area contributed by atoms with Crippen LogP contribution in [0.1, 0.15) is 25.7 Å². The molecular weight excluding hydrogens is 222 g/mol. The van der Waals surface area contributed by atoms with Gasteiger partial charge in [0.1, 0.15) is 0 Å². The van der Waals surface area contributed by atoms with Gasteiger partial charge in [0.2, 0.25) is 0 Å². The van der Waals surface area contributed by atoms with Crippen molar-refractivity contribution >= 4 is 0 Å². The maximum absolute atomic E-state index is 9.60. The van der Waals surface area contributed by atoms with E-state index in [4.69, 9.17) is 14.6 Å². The number of ether oxygens (including phenoxy) is 2. The van der Waals surface area contributed by atoms with Gasteiger partial charge in [-0.1, -0.05) is 0 Å². The Balaban J connectivity index is 1.84. The zero-order valence-electron chi connectivity index (χ0n) is 10.4. The Hall–Kier alpha value is -0.200. The number of unbranched alkanes of at least 4 members (excludes halogenated alkanes) is 1. The van der Waals surface area contributed by atoms with Crippen LogP contribution in [-0.2, 0) is 9.47 Å². The first-order valence-electron chi connectivity index (χ1n) is 6.52. The molecule has 0 radical (unpaired) electrons. The summed E-state index contributed by atoms with van der Waals surface area (Å²) in [6, 6.07) is 0. The van der Waals surface area contributed by atoms with Gasteiger partial charge in [-0.2, -0.15) is 0 Å². The molecule has 1 fully saturated rings. The summed E-state index contributed by atoms with van der Waals surface area (Å²) in [7, 11) is 0. The van der Waals surface area contributed by atoms with E-state index in [-0.39, 0.29) is 12.7 Å². The first kappa shape index (κ1) is 14.9. The van der Waals surface area contributed by atoms with Gasteiger partial charge in [-0.25, -0.2) is 0 Å². The monoisotopic (exact) mass is 247 g/mol. The van der Waals surface area contributed by atoms with Gasteiger partial charge in [0.25, 0.3) is 0 Å². The van der Waals surface area contributed by atoms with E-state index in [1.165, 1.54) is 0 Å². The third-order valence-electron chi connectivity index (χ3n) is 2.78. The Labute approximate surface area is 103 Å². The molecule has 0 bridgehead atoms. The third-order valence-corrected chi connectivity index (χ3v) is 2.78. The maximum atomic E-state index is 9.60. The van der Waals surface area contributed by atoms with Crippen molar-refractivity contribution in [3.8, 4) is 0 Å². The molecule has 1 heterocycles. The standard InChI is InChI=1S/C12H25NO4/c14-6-2-1-5-13-8-11(15)9-16-10-12-4-3-7-17-12/h11-15H,1-10H2. The average Bonchev–Trinajstić information content (AvgIpc) is 2.82. The number of nitrogens with one attached hydrogen (secondary N) is 1. The van der Waals surface area contributed by atoms with Crippen molar-refractivity contribution in [1.82, 2.24) is 5.32 Å². The highest BCUT2D eigenvalue weighted by Crippen LogP contribution is 2.11. The molecule has 3 N–H and O–H groups in total. The van der Waals surface area contributed by atoms with Crippen LogP contribution in [0.3, 0.4) is 0 Å². The Morgan fingerprint density at radius 2 is 2.29 bits per heavy atom. The van der Waals surface area contributed by atoms with E-state index in [0.717, 1.165) is 38.8 Å². The largest absolute Gasteiger partial charge is 0.396 e. The van der Waals surface area contributed by atoms with Crippen LogP contribution in [0.2, 0.25) is 0 Å². The van der Waals surface area contributed by atoms with Crippen LogP contribution in [0.15, 0.2) is 0 Å². The second kappa shape index (κ2) is 9.79. The lowest BCUT2D eigenvalue weighted by atomic mass is 10.2. The molecule has 1 aliphatic rings. The summed E-state index contributed by atoms with van der Waals surface area (Å²) >= 11 is 0. The Morgan fingerprint density at radius 3 is 3.00 bits per heavy atom. The second-order valence-electron chi connectivity index (χ2n) is 4.46. The molecule has 0 spiro atoms. The van der Waals surface area contributed by atoms with E-state index in [1.807, 2.05) is 0 Å². The van der Waals surface area contributed by atoms with Gasteiger partial charge < -0.3 is 25.0 Å². The van der Waals surface area contributed by atoms with E-state index in [0.29, 0.717) is 19.8 Å². The summed E-state index contributed by atoms with van der Waals surface area (Å²) in [5.41, 5.74) is 0. The average molecular weight is 247 g/mol. The van der Waals surface area contributed by atoms with Crippen molar-refractivity contribution in [3.63, 3.8) is 0 Å². The van der Waals surface area contributed by atoms with Gasteiger partial charge in [0, 0.05) is 19.8 Å². The smallest absolute Gasteiger partial charge is 0.0897 e. The molecule has 0 aromatic carbocycles. The molecular formula is C12H25NO4. The van der Waals surface area contributed by atoms with Crippen LogP contribution >= 0.6 is 0 Å². The van der Waals surface area contributed by atoms with Crippen LogP contribution in [0.25, 0.3) is 0 Å². The van der Waals surface area contributed by atoms with Crippen LogP contribution in [0.5, 0.6) is 0 Å². The number of aliphatic hydroxyl groups excluding tert-OH is 2. The van der Waals surface area contributed by atoms with Gasteiger partial charge >= 0.3 is 0 Å². The lowest BCUT2D eigenvalue weighted by molar-refractivity contribution is -0.0163. The zero-order chi connectivity index (χ0) is 12.3. The van der Waals surface area contributed by atoms with Gasteiger partial charge in [-0.15, -0.1) is 0 Å². The third kappa shape index (κ3) is 7.68. The molecule has 0 aromatic rings. The highest BCUT2D eigenvalue weighted by atomic mass is 16.5. The topological polar surface area (TPSA) is 71.0 Å². The maximum Gasteiger partial charge on any atom is 0.0897 e. The fourth-order valence-electron chi connectivity index (χ4n) is 1.80. The fraction of sp³-hybridized carbons (Fsp3) is 1.00. The molecule has 5 nitrogen and oxygen atoms in total. The first-order valence-corrected chi connectivity index (χ1v) is 6.52. The van der Waals surface area contributed by atoms with Crippen LogP contribution in [-0.4, -0.2) is 61.9 Å². The summed E-state index contributed by atoms with van der Waals surface area (Å²) in [4.78, 5) is 0. The molecule has 0 amide bonds. The Morgan fingerprint density at radius 1 is 1.41 bits per heavy atom. The van der Waals surface area contributed by atoms with E-state index in [9.17, 15) is 5.11 Å². The molecule has 1 aliphatic heterocycles. The Kier molecular flexibility index (Phi) is 8.56. The molecule has 0 aliphatic carbocycles. The van der Waals surface area contributed by atoms with Crippen molar-refractivity contribution in [2.45, 2.75) is 37.9 Å². The molecule has 0 aromatic heterocycles. The second-order valence-corrected chi connectivity index (χ2v) is 4.46. The fourth-order valence-corrected chi connectivity index (χ4v) is 1.80. The molecule has 1 rings (SSSR count). The van der Waals surface area contributed by atoms with Crippen molar-refractivity contribution in [3.05, 3.63) is 0 Å². The summed E-state index contributed by atoms with van der Waals surface area (Å²) < 4.78 is 10.8. The minimum absolute atomic E-state index is 0.222. The van der Waals surface area contributed by atoms with E-state index < -0.39 is 6.10 Å². The molecule has 5 heteroatoms. The number of aliphatic hydroxyl groups is 2. The molecule has 1 saturated heterocycles. The van der Waals surface area contributed by atoms with E-state index in [1.54, 1.807) is 0 Å². The van der Waals surface area contributed by atoms with E-state index >= 15 is 0 Å². The predicted octanol–water partition coefficient (Wildman–Crippen LogP) is -0.0950. The lowest BCUT2D eigenvalue weighted by Crippen LogP contribution is -2.32. The quantitative estimate of drug-likeness (QED) is 0.470.